The van der Waals surface area contributed by atoms with Crippen molar-refractivity contribution in [1.82, 2.24) is 4.98 Å². The van der Waals surface area contributed by atoms with Gasteiger partial charge in [0.2, 0.25) is 5.88 Å². The summed E-state index contributed by atoms with van der Waals surface area (Å²) < 4.78 is 35.6. The molecule has 3 rings (SSSR count). The van der Waals surface area contributed by atoms with Crippen molar-refractivity contribution in [1.29, 1.82) is 0 Å². The summed E-state index contributed by atoms with van der Waals surface area (Å²) in [7, 11) is -3.55. The molecular formula is C19H18N2O5S. The summed E-state index contributed by atoms with van der Waals surface area (Å²) in [5.74, 6) is -0.375. The summed E-state index contributed by atoms with van der Waals surface area (Å²) in [6.45, 7) is 2.22. The number of rotatable bonds is 7. The second kappa shape index (κ2) is 8.05. The molecule has 0 saturated carbocycles. The largest absolute Gasteiger partial charge is 0.476 e. The number of sulfone groups is 1. The molecule has 0 radical (unpaired) electrons. The Hall–Kier alpha value is -3.13. The van der Waals surface area contributed by atoms with Gasteiger partial charge in [0.05, 0.1) is 11.5 Å². The minimum atomic E-state index is -3.55. The van der Waals surface area contributed by atoms with Crippen LogP contribution in [0.5, 0.6) is 5.88 Å². The van der Waals surface area contributed by atoms with Crippen molar-refractivity contribution in [2.45, 2.75) is 17.6 Å². The molecule has 0 fully saturated rings. The lowest BCUT2D eigenvalue weighted by molar-refractivity contribution is 0.0994. The first-order valence-electron chi connectivity index (χ1n) is 8.25. The number of benzene rings is 1. The van der Waals surface area contributed by atoms with Gasteiger partial charge in [-0.1, -0.05) is 18.2 Å². The fourth-order valence-electron chi connectivity index (χ4n) is 2.40. The lowest BCUT2D eigenvalue weighted by atomic mass is 10.3. The number of hydrogen-bond acceptors (Lipinski definition) is 6. The zero-order valence-electron chi connectivity index (χ0n) is 14.6. The molecule has 140 valence electrons. The van der Waals surface area contributed by atoms with Crippen molar-refractivity contribution >= 4 is 21.4 Å². The number of ether oxygens (including phenoxy) is 1. The van der Waals surface area contributed by atoms with Gasteiger partial charge in [-0.3, -0.25) is 4.79 Å². The Morgan fingerprint density at radius 1 is 1.11 bits per heavy atom. The van der Waals surface area contributed by atoms with Crippen molar-refractivity contribution in [3.63, 3.8) is 0 Å². The lowest BCUT2D eigenvalue weighted by Crippen LogP contribution is -2.12. The molecule has 0 unspecified atom stereocenters. The van der Waals surface area contributed by atoms with E-state index in [1.807, 2.05) is 6.92 Å². The molecule has 0 spiro atoms. The molecule has 2 aromatic heterocycles. The van der Waals surface area contributed by atoms with Crippen molar-refractivity contribution in [2.24, 2.45) is 0 Å². The van der Waals surface area contributed by atoms with Gasteiger partial charge in [0.1, 0.15) is 17.2 Å². The number of furan rings is 1. The van der Waals surface area contributed by atoms with Gasteiger partial charge in [0.25, 0.3) is 5.91 Å². The van der Waals surface area contributed by atoms with Crippen LogP contribution in [0.4, 0.5) is 5.69 Å². The van der Waals surface area contributed by atoms with E-state index >= 15 is 0 Å². The van der Waals surface area contributed by atoms with Gasteiger partial charge >= 0.3 is 0 Å². The number of hydrogen-bond donors (Lipinski definition) is 1. The molecule has 27 heavy (non-hydrogen) atoms. The smallest absolute Gasteiger partial charge is 0.291 e. The lowest BCUT2D eigenvalue weighted by Gasteiger charge is -2.08. The van der Waals surface area contributed by atoms with Crippen molar-refractivity contribution in [3.8, 4) is 5.88 Å². The maximum atomic E-state index is 12.4. The first-order chi connectivity index (χ1) is 13.0. The van der Waals surface area contributed by atoms with Crippen LogP contribution in [0, 0.1) is 0 Å². The highest BCUT2D eigenvalue weighted by molar-refractivity contribution is 7.90. The molecule has 8 heteroatoms. The molecule has 2 heterocycles. The predicted molar refractivity (Wildman–Crippen MR) is 99.4 cm³/mol. The van der Waals surface area contributed by atoms with E-state index in [0.717, 1.165) is 0 Å². The molecule has 1 N–H and O–H groups in total. The number of anilines is 1. The van der Waals surface area contributed by atoms with Crippen molar-refractivity contribution < 1.29 is 22.4 Å². The fourth-order valence-corrected chi connectivity index (χ4v) is 3.67. The van der Waals surface area contributed by atoms with Crippen LogP contribution >= 0.6 is 0 Å². The third-order valence-electron chi connectivity index (χ3n) is 3.62. The van der Waals surface area contributed by atoms with Gasteiger partial charge < -0.3 is 14.5 Å². The number of amides is 1. The van der Waals surface area contributed by atoms with Gasteiger partial charge in [0, 0.05) is 6.20 Å². The summed E-state index contributed by atoms with van der Waals surface area (Å²) in [5, 5.41) is 2.65. The van der Waals surface area contributed by atoms with Crippen LogP contribution in [0.25, 0.3) is 0 Å². The Morgan fingerprint density at radius 3 is 2.63 bits per heavy atom. The number of pyridine rings is 1. The number of carbonyl (C=O) groups is 1. The van der Waals surface area contributed by atoms with Gasteiger partial charge in [-0.25, -0.2) is 13.4 Å². The molecule has 0 aliphatic rings. The standard InChI is InChI=1S/C19H18N2O5S/c1-2-25-19-16(9-6-12-20-19)21-18(22)17-11-10-14(26-17)13-27(23,24)15-7-4-3-5-8-15/h3-12H,2,13H2,1H3,(H,21,22). The maximum Gasteiger partial charge on any atom is 0.291 e. The fraction of sp³-hybridized carbons (Fsp3) is 0.158. The summed E-state index contributed by atoms with van der Waals surface area (Å²) in [5.41, 5.74) is 0.402. The minimum absolute atomic E-state index is 0.000404. The monoisotopic (exact) mass is 386 g/mol. The quantitative estimate of drug-likeness (QED) is 0.669. The number of aromatic nitrogens is 1. The molecule has 1 aromatic carbocycles. The average Bonchev–Trinajstić information content (AvgIpc) is 3.12. The third kappa shape index (κ3) is 4.53. The number of nitrogens with one attached hydrogen (secondary N) is 1. The van der Waals surface area contributed by atoms with E-state index in [1.54, 1.807) is 36.5 Å². The van der Waals surface area contributed by atoms with Crippen LogP contribution in [0.3, 0.4) is 0 Å². The van der Waals surface area contributed by atoms with Crippen LogP contribution in [0.15, 0.2) is 70.1 Å². The molecule has 7 nitrogen and oxygen atoms in total. The summed E-state index contributed by atoms with van der Waals surface area (Å²) >= 11 is 0. The van der Waals surface area contributed by atoms with Crippen LogP contribution in [0.2, 0.25) is 0 Å². The van der Waals surface area contributed by atoms with Crippen molar-refractivity contribution in [2.75, 3.05) is 11.9 Å². The highest BCUT2D eigenvalue weighted by Crippen LogP contribution is 2.22. The molecule has 0 atom stereocenters. The van der Waals surface area contributed by atoms with E-state index in [4.69, 9.17) is 9.15 Å². The van der Waals surface area contributed by atoms with Crippen molar-refractivity contribution in [3.05, 3.63) is 72.3 Å². The second-order valence-corrected chi connectivity index (χ2v) is 7.57. The summed E-state index contributed by atoms with van der Waals surface area (Å²) in [6.07, 6.45) is 1.56. The van der Waals surface area contributed by atoms with Gasteiger partial charge in [-0.05, 0) is 43.3 Å². The summed E-state index contributed by atoms with van der Waals surface area (Å²) in [6, 6.07) is 14.3. The molecule has 1 amide bonds. The minimum Gasteiger partial charge on any atom is -0.476 e. The van der Waals surface area contributed by atoms with E-state index in [1.165, 1.54) is 24.3 Å². The highest BCUT2D eigenvalue weighted by atomic mass is 32.2. The Morgan fingerprint density at radius 2 is 1.89 bits per heavy atom. The van der Waals surface area contributed by atoms with E-state index in [2.05, 4.69) is 10.3 Å². The van der Waals surface area contributed by atoms with Crippen LogP contribution in [-0.2, 0) is 15.6 Å². The molecular weight excluding hydrogens is 368 g/mol. The van der Waals surface area contributed by atoms with Crippen LogP contribution < -0.4 is 10.1 Å². The normalized spacial score (nSPS) is 11.1. The van der Waals surface area contributed by atoms with Gasteiger partial charge in [0.15, 0.2) is 15.6 Å². The average molecular weight is 386 g/mol. The molecule has 0 aliphatic heterocycles. The molecule has 0 saturated heterocycles. The first kappa shape index (κ1) is 18.7. The Balaban J connectivity index is 1.73. The maximum absolute atomic E-state index is 12.4. The SMILES string of the molecule is CCOc1ncccc1NC(=O)c1ccc(CS(=O)(=O)c2ccccc2)o1. The number of nitrogens with zero attached hydrogens (tertiary/aromatic N) is 1. The molecule has 0 aliphatic carbocycles. The van der Waals surface area contributed by atoms with Gasteiger partial charge in [-0.2, -0.15) is 0 Å². The highest BCUT2D eigenvalue weighted by Gasteiger charge is 2.20. The van der Waals surface area contributed by atoms with E-state index in [0.29, 0.717) is 18.2 Å². The zero-order valence-corrected chi connectivity index (χ0v) is 15.4. The van der Waals surface area contributed by atoms with Crippen LogP contribution in [-0.4, -0.2) is 25.9 Å². The Kier molecular flexibility index (Phi) is 5.56. The zero-order chi connectivity index (χ0) is 19.3. The van der Waals surface area contributed by atoms with E-state index in [-0.39, 0.29) is 22.2 Å². The third-order valence-corrected chi connectivity index (χ3v) is 5.28. The molecule has 3 aromatic rings. The predicted octanol–water partition coefficient (Wildman–Crippen LogP) is 3.30. The van der Waals surface area contributed by atoms with E-state index in [9.17, 15) is 13.2 Å². The van der Waals surface area contributed by atoms with E-state index < -0.39 is 15.7 Å². The Labute approximate surface area is 156 Å². The Bertz CT molecular complexity index is 1030. The first-order valence-corrected chi connectivity index (χ1v) is 9.90. The number of carbonyl (C=O) groups excluding carboxylic acids is 1. The van der Waals surface area contributed by atoms with Crippen LogP contribution in [0.1, 0.15) is 23.2 Å². The summed E-state index contributed by atoms with van der Waals surface area (Å²) in [4.78, 5) is 16.6. The topological polar surface area (TPSA) is 98.5 Å². The second-order valence-electron chi connectivity index (χ2n) is 5.58. The molecule has 0 bridgehead atoms. The van der Waals surface area contributed by atoms with Gasteiger partial charge in [-0.15, -0.1) is 0 Å².